The van der Waals surface area contributed by atoms with E-state index in [0.717, 1.165) is 11.6 Å². The van der Waals surface area contributed by atoms with Crippen LogP contribution >= 0.6 is 0 Å². The van der Waals surface area contributed by atoms with Gasteiger partial charge < -0.3 is 0 Å². The largest absolute Gasteiger partial charge is 0.418 e. The van der Waals surface area contributed by atoms with Crippen molar-refractivity contribution in [3.8, 4) is 0 Å². The molecular formula is C15H15F3N4O. The molecule has 1 aromatic heterocycles. The third-order valence-electron chi connectivity index (χ3n) is 3.83. The van der Waals surface area contributed by atoms with E-state index in [0.29, 0.717) is 6.42 Å². The number of para-hydroxylation sites is 1. The molecule has 0 aliphatic heterocycles. The molecular weight excluding hydrogens is 309 g/mol. The zero-order chi connectivity index (χ0) is 16.6. The Kier molecular flexibility index (Phi) is 3.75. The lowest BCUT2D eigenvalue weighted by Crippen LogP contribution is -2.32. The maximum absolute atomic E-state index is 12.9. The molecule has 1 heterocycles. The first-order valence-corrected chi connectivity index (χ1v) is 7.07. The van der Waals surface area contributed by atoms with Gasteiger partial charge in [0.2, 0.25) is 5.91 Å². The van der Waals surface area contributed by atoms with Crippen LogP contribution < -0.4 is 10.9 Å². The lowest BCUT2D eigenvalue weighted by Gasteiger charge is -2.14. The van der Waals surface area contributed by atoms with Gasteiger partial charge in [0, 0.05) is 19.2 Å². The van der Waals surface area contributed by atoms with Crippen LogP contribution in [0.3, 0.4) is 0 Å². The predicted octanol–water partition coefficient (Wildman–Crippen LogP) is 2.69. The number of hydrogen-bond acceptors (Lipinski definition) is 3. The van der Waals surface area contributed by atoms with Gasteiger partial charge in [0.15, 0.2) is 0 Å². The molecule has 0 unspecified atom stereocenters. The van der Waals surface area contributed by atoms with Crippen LogP contribution in [0.25, 0.3) is 0 Å². The number of anilines is 1. The first kappa shape index (κ1) is 15.4. The van der Waals surface area contributed by atoms with Gasteiger partial charge in [-0.15, -0.1) is 0 Å². The molecule has 2 N–H and O–H groups in total. The molecule has 0 bridgehead atoms. The number of benzene rings is 1. The average Bonchev–Trinajstić information content (AvgIpc) is 3.19. The summed E-state index contributed by atoms with van der Waals surface area (Å²) in [4.78, 5) is 12.0. The van der Waals surface area contributed by atoms with E-state index < -0.39 is 11.7 Å². The summed E-state index contributed by atoms with van der Waals surface area (Å²) in [5.74, 6) is -0.496. The van der Waals surface area contributed by atoms with Gasteiger partial charge in [-0.25, -0.2) is 0 Å². The van der Waals surface area contributed by atoms with Gasteiger partial charge in [0.25, 0.3) is 0 Å². The van der Waals surface area contributed by atoms with E-state index in [4.69, 9.17) is 0 Å². The number of rotatable bonds is 4. The van der Waals surface area contributed by atoms with Crippen molar-refractivity contribution in [3.05, 3.63) is 47.8 Å². The average molecular weight is 324 g/mol. The van der Waals surface area contributed by atoms with Crippen molar-refractivity contribution in [2.24, 2.45) is 13.0 Å². The van der Waals surface area contributed by atoms with Gasteiger partial charge >= 0.3 is 6.18 Å². The Labute approximate surface area is 130 Å². The highest BCUT2D eigenvalue weighted by Gasteiger charge is 2.44. The molecule has 1 saturated carbocycles. The summed E-state index contributed by atoms with van der Waals surface area (Å²) in [7, 11) is 1.79. The number of amides is 1. The van der Waals surface area contributed by atoms with Gasteiger partial charge in [-0.2, -0.15) is 18.3 Å². The molecule has 1 aliphatic rings. The van der Waals surface area contributed by atoms with Crippen molar-refractivity contribution in [3.63, 3.8) is 0 Å². The normalized spacial score (nSPS) is 20.2. The molecule has 0 saturated heterocycles. The summed E-state index contributed by atoms with van der Waals surface area (Å²) in [6, 6.07) is 5.01. The minimum absolute atomic E-state index is 0.0726. The molecule has 1 fully saturated rings. The van der Waals surface area contributed by atoms with Crippen LogP contribution in [0.15, 0.2) is 36.7 Å². The molecule has 1 aromatic carbocycles. The lowest BCUT2D eigenvalue weighted by molar-refractivity contribution is -0.137. The number of nitrogens with one attached hydrogen (secondary N) is 2. The highest BCUT2D eigenvalue weighted by atomic mass is 19.4. The molecule has 0 radical (unpaired) electrons. The molecule has 3 rings (SSSR count). The predicted molar refractivity (Wildman–Crippen MR) is 77.3 cm³/mol. The van der Waals surface area contributed by atoms with Crippen LogP contribution in [-0.4, -0.2) is 15.7 Å². The maximum Gasteiger partial charge on any atom is 0.418 e. The summed E-state index contributed by atoms with van der Waals surface area (Å²) >= 11 is 0. The molecule has 8 heteroatoms. The summed E-state index contributed by atoms with van der Waals surface area (Å²) in [5.41, 5.74) is 4.71. The Balaban J connectivity index is 1.61. The number of aromatic nitrogens is 2. The van der Waals surface area contributed by atoms with Crippen molar-refractivity contribution in [2.75, 3.05) is 5.43 Å². The third kappa shape index (κ3) is 3.30. The van der Waals surface area contributed by atoms with E-state index >= 15 is 0 Å². The zero-order valence-corrected chi connectivity index (χ0v) is 12.3. The van der Waals surface area contributed by atoms with E-state index in [2.05, 4.69) is 16.0 Å². The quantitative estimate of drug-likeness (QED) is 0.850. The van der Waals surface area contributed by atoms with Gasteiger partial charge in [-0.1, -0.05) is 12.1 Å². The fraction of sp³-hybridized carbons (Fsp3) is 0.333. The molecule has 0 spiro atoms. The van der Waals surface area contributed by atoms with Crippen LogP contribution in [-0.2, 0) is 18.0 Å². The third-order valence-corrected chi connectivity index (χ3v) is 3.83. The number of halogens is 3. The van der Waals surface area contributed by atoms with Gasteiger partial charge in [-0.05, 0) is 30.0 Å². The first-order chi connectivity index (χ1) is 10.9. The molecule has 1 amide bonds. The SMILES string of the molecule is Cn1cc([C@H]2C[C@@H]2C(=O)NNc2ccccc2C(F)(F)F)cn1. The standard InChI is InChI=1S/C15H15F3N4O/c1-22-8-9(7-19-22)10-6-11(10)14(23)21-20-13-5-3-2-4-12(13)15(16,17)18/h2-5,7-8,10-11,20H,6H2,1H3,(H,21,23)/t10-,11+/m1/s1. The monoisotopic (exact) mass is 324 g/mol. The van der Waals surface area contributed by atoms with E-state index in [1.54, 1.807) is 17.9 Å². The number of carbonyl (C=O) groups excluding carboxylic acids is 1. The highest BCUT2D eigenvalue weighted by molar-refractivity contribution is 5.84. The van der Waals surface area contributed by atoms with Crippen LogP contribution in [0.2, 0.25) is 0 Å². The lowest BCUT2D eigenvalue weighted by atomic mass is 10.2. The Morgan fingerprint density at radius 2 is 2.09 bits per heavy atom. The van der Waals surface area contributed by atoms with Gasteiger partial charge in [-0.3, -0.25) is 20.3 Å². The topological polar surface area (TPSA) is 59.0 Å². The number of nitrogens with zero attached hydrogens (tertiary/aromatic N) is 2. The van der Waals surface area contributed by atoms with Gasteiger partial charge in [0.1, 0.15) is 0 Å². The minimum Gasteiger partial charge on any atom is -0.298 e. The van der Waals surface area contributed by atoms with E-state index in [-0.39, 0.29) is 23.4 Å². The maximum atomic E-state index is 12.9. The molecule has 2 aromatic rings. The fourth-order valence-corrected chi connectivity index (χ4v) is 2.55. The fourth-order valence-electron chi connectivity index (χ4n) is 2.55. The molecule has 1 aliphatic carbocycles. The van der Waals surface area contributed by atoms with Crippen LogP contribution in [0.5, 0.6) is 0 Å². The number of alkyl halides is 3. The number of aryl methyl sites for hydroxylation is 1. The Morgan fingerprint density at radius 3 is 2.74 bits per heavy atom. The summed E-state index contributed by atoms with van der Waals surface area (Å²) in [6.07, 6.45) is -0.277. The van der Waals surface area contributed by atoms with Gasteiger partial charge in [0.05, 0.1) is 17.4 Å². The van der Waals surface area contributed by atoms with E-state index in [1.165, 1.54) is 18.2 Å². The highest BCUT2D eigenvalue weighted by Crippen LogP contribution is 2.47. The zero-order valence-electron chi connectivity index (χ0n) is 12.3. The molecule has 5 nitrogen and oxygen atoms in total. The Bertz CT molecular complexity index is 726. The van der Waals surface area contributed by atoms with Crippen LogP contribution in [0.4, 0.5) is 18.9 Å². The minimum atomic E-state index is -4.48. The van der Waals surface area contributed by atoms with E-state index in [9.17, 15) is 18.0 Å². The second-order valence-corrected chi connectivity index (χ2v) is 5.55. The Hall–Kier alpha value is -2.51. The van der Waals surface area contributed by atoms with E-state index in [1.807, 2.05) is 6.20 Å². The summed E-state index contributed by atoms with van der Waals surface area (Å²) < 4.78 is 40.3. The summed E-state index contributed by atoms with van der Waals surface area (Å²) in [6.45, 7) is 0. The number of carbonyl (C=O) groups is 1. The van der Waals surface area contributed by atoms with Crippen molar-refractivity contribution in [2.45, 2.75) is 18.5 Å². The number of hydrogen-bond donors (Lipinski definition) is 2. The molecule has 2 atom stereocenters. The number of hydrazine groups is 1. The van der Waals surface area contributed by atoms with Crippen LogP contribution in [0.1, 0.15) is 23.5 Å². The summed E-state index contributed by atoms with van der Waals surface area (Å²) in [5, 5.41) is 4.05. The smallest absolute Gasteiger partial charge is 0.298 e. The second kappa shape index (κ2) is 5.60. The van der Waals surface area contributed by atoms with Crippen molar-refractivity contribution in [1.29, 1.82) is 0 Å². The first-order valence-electron chi connectivity index (χ1n) is 7.07. The van der Waals surface area contributed by atoms with Crippen molar-refractivity contribution in [1.82, 2.24) is 15.2 Å². The molecule has 23 heavy (non-hydrogen) atoms. The second-order valence-electron chi connectivity index (χ2n) is 5.55. The van der Waals surface area contributed by atoms with Crippen molar-refractivity contribution < 1.29 is 18.0 Å². The molecule has 122 valence electrons. The Morgan fingerprint density at radius 1 is 1.35 bits per heavy atom. The van der Waals surface area contributed by atoms with Crippen LogP contribution in [0, 0.1) is 5.92 Å². The van der Waals surface area contributed by atoms with Crippen molar-refractivity contribution >= 4 is 11.6 Å².